The fraction of sp³-hybridized carbons (Fsp3) is 0.333. The molecule has 2 aromatic carbocycles. The summed E-state index contributed by atoms with van der Waals surface area (Å²) in [6, 6.07) is 12.7. The fourth-order valence-electron chi connectivity index (χ4n) is 2.44. The number of aryl methyl sites for hydroxylation is 2. The van der Waals surface area contributed by atoms with Gasteiger partial charge in [-0.15, -0.1) is 0 Å². The molecular formula is C18H21Cl2N. The van der Waals surface area contributed by atoms with E-state index in [1.807, 2.05) is 19.2 Å². The third kappa shape index (κ3) is 4.47. The lowest BCUT2D eigenvalue weighted by Crippen LogP contribution is -2.30. The topological polar surface area (TPSA) is 12.0 Å². The van der Waals surface area contributed by atoms with Crippen LogP contribution in [0.15, 0.2) is 36.4 Å². The van der Waals surface area contributed by atoms with Gasteiger partial charge in [0.25, 0.3) is 0 Å². The average Bonchev–Trinajstić information content (AvgIpc) is 2.44. The Hall–Kier alpha value is -1.02. The van der Waals surface area contributed by atoms with Gasteiger partial charge in [-0.05, 0) is 68.1 Å². The van der Waals surface area contributed by atoms with Gasteiger partial charge in [0.15, 0.2) is 0 Å². The van der Waals surface area contributed by atoms with E-state index in [1.165, 1.54) is 16.7 Å². The molecule has 2 rings (SSSR count). The zero-order chi connectivity index (χ0) is 15.4. The summed E-state index contributed by atoms with van der Waals surface area (Å²) in [6.07, 6.45) is 1.87. The van der Waals surface area contributed by atoms with Crippen LogP contribution in [0.1, 0.15) is 22.3 Å². The third-order valence-corrected chi connectivity index (χ3v) is 4.53. The lowest BCUT2D eigenvalue weighted by molar-refractivity contribution is 0.556. The molecule has 1 unspecified atom stereocenters. The van der Waals surface area contributed by atoms with E-state index in [2.05, 4.69) is 37.4 Å². The van der Waals surface area contributed by atoms with Crippen LogP contribution in [-0.4, -0.2) is 13.1 Å². The molecule has 0 radical (unpaired) electrons. The van der Waals surface area contributed by atoms with Gasteiger partial charge in [-0.3, -0.25) is 0 Å². The van der Waals surface area contributed by atoms with Crippen molar-refractivity contribution in [2.24, 2.45) is 0 Å². The van der Waals surface area contributed by atoms with Crippen LogP contribution in [0.2, 0.25) is 10.0 Å². The Morgan fingerprint density at radius 2 is 1.71 bits per heavy atom. The number of hydrogen-bond donors (Lipinski definition) is 1. The van der Waals surface area contributed by atoms with Crippen LogP contribution in [0.3, 0.4) is 0 Å². The molecule has 0 fully saturated rings. The highest BCUT2D eigenvalue weighted by atomic mass is 35.5. The molecule has 3 heteroatoms. The summed E-state index contributed by atoms with van der Waals surface area (Å²) in [4.78, 5) is 0. The molecular weight excluding hydrogens is 301 g/mol. The minimum Gasteiger partial charge on any atom is -0.316 e. The molecule has 0 aliphatic carbocycles. The lowest BCUT2D eigenvalue weighted by Gasteiger charge is -2.18. The quantitative estimate of drug-likeness (QED) is 0.818. The van der Waals surface area contributed by atoms with Gasteiger partial charge in [-0.2, -0.15) is 0 Å². The van der Waals surface area contributed by atoms with Crippen molar-refractivity contribution in [1.82, 2.24) is 5.32 Å². The first-order chi connectivity index (χ1) is 9.99. The highest BCUT2D eigenvalue weighted by Crippen LogP contribution is 2.23. The van der Waals surface area contributed by atoms with E-state index < -0.39 is 0 Å². The molecule has 1 nitrogen and oxygen atoms in total. The van der Waals surface area contributed by atoms with Gasteiger partial charge in [0.2, 0.25) is 0 Å². The van der Waals surface area contributed by atoms with Gasteiger partial charge in [0.1, 0.15) is 0 Å². The molecule has 0 aromatic heterocycles. The number of nitrogens with one attached hydrogen (secondary N) is 1. The first kappa shape index (κ1) is 16.4. The van der Waals surface area contributed by atoms with E-state index in [4.69, 9.17) is 23.2 Å². The van der Waals surface area contributed by atoms with Crippen molar-refractivity contribution < 1.29 is 0 Å². The van der Waals surface area contributed by atoms with E-state index in [0.29, 0.717) is 11.1 Å². The Morgan fingerprint density at radius 3 is 2.33 bits per heavy atom. The summed E-state index contributed by atoms with van der Waals surface area (Å²) >= 11 is 12.2. The molecule has 21 heavy (non-hydrogen) atoms. The summed E-state index contributed by atoms with van der Waals surface area (Å²) in [7, 11) is 2.00. The molecule has 0 aliphatic heterocycles. The predicted octanol–water partition coefficient (Wildman–Crippen LogP) is 4.98. The Kier molecular flexibility index (Phi) is 5.69. The third-order valence-electron chi connectivity index (χ3n) is 3.94. The standard InChI is InChI=1S/C18H21Cl2N/c1-12-4-5-14(8-13(12)2)9-17(21-3)10-15-6-7-16(19)11-18(15)20/h4-8,11,17,21H,9-10H2,1-3H3. The van der Waals surface area contributed by atoms with Crippen LogP contribution < -0.4 is 5.32 Å². The molecule has 112 valence electrons. The Labute approximate surface area is 137 Å². The molecule has 1 N–H and O–H groups in total. The maximum absolute atomic E-state index is 6.27. The Morgan fingerprint density at radius 1 is 0.952 bits per heavy atom. The average molecular weight is 322 g/mol. The number of likely N-dealkylation sites (N-methyl/N-ethyl adjacent to an activating group) is 1. The van der Waals surface area contributed by atoms with Crippen LogP contribution in [-0.2, 0) is 12.8 Å². The highest BCUT2D eigenvalue weighted by molar-refractivity contribution is 6.35. The van der Waals surface area contributed by atoms with E-state index >= 15 is 0 Å². The largest absolute Gasteiger partial charge is 0.316 e. The normalized spacial score (nSPS) is 12.4. The van der Waals surface area contributed by atoms with Crippen LogP contribution in [0.5, 0.6) is 0 Å². The minimum absolute atomic E-state index is 0.353. The second-order valence-electron chi connectivity index (χ2n) is 5.55. The number of hydrogen-bond acceptors (Lipinski definition) is 1. The van der Waals surface area contributed by atoms with E-state index in [1.54, 1.807) is 6.07 Å². The van der Waals surface area contributed by atoms with Crippen molar-refractivity contribution in [3.63, 3.8) is 0 Å². The van der Waals surface area contributed by atoms with Gasteiger partial charge in [-0.1, -0.05) is 47.5 Å². The van der Waals surface area contributed by atoms with Crippen LogP contribution in [0.25, 0.3) is 0 Å². The second-order valence-corrected chi connectivity index (χ2v) is 6.39. The van der Waals surface area contributed by atoms with Gasteiger partial charge >= 0.3 is 0 Å². The molecule has 0 amide bonds. The van der Waals surface area contributed by atoms with E-state index in [-0.39, 0.29) is 0 Å². The summed E-state index contributed by atoms with van der Waals surface area (Å²) < 4.78 is 0. The van der Waals surface area contributed by atoms with Gasteiger partial charge in [0.05, 0.1) is 0 Å². The van der Waals surface area contributed by atoms with Crippen molar-refractivity contribution in [2.75, 3.05) is 7.05 Å². The van der Waals surface area contributed by atoms with Crippen molar-refractivity contribution in [2.45, 2.75) is 32.7 Å². The SMILES string of the molecule is CNC(Cc1ccc(C)c(C)c1)Cc1ccc(Cl)cc1Cl. The van der Waals surface area contributed by atoms with Crippen molar-refractivity contribution >= 4 is 23.2 Å². The number of rotatable bonds is 5. The van der Waals surface area contributed by atoms with Crippen LogP contribution >= 0.6 is 23.2 Å². The van der Waals surface area contributed by atoms with Crippen molar-refractivity contribution in [3.05, 3.63) is 68.7 Å². The van der Waals surface area contributed by atoms with Gasteiger partial charge in [-0.25, -0.2) is 0 Å². The maximum Gasteiger partial charge on any atom is 0.0453 e. The zero-order valence-electron chi connectivity index (χ0n) is 12.7. The van der Waals surface area contributed by atoms with E-state index in [0.717, 1.165) is 23.4 Å². The van der Waals surface area contributed by atoms with Crippen molar-refractivity contribution in [3.8, 4) is 0 Å². The number of benzene rings is 2. The summed E-state index contributed by atoms with van der Waals surface area (Å²) in [5, 5.41) is 4.80. The summed E-state index contributed by atoms with van der Waals surface area (Å²) in [6.45, 7) is 4.30. The fourth-order valence-corrected chi connectivity index (χ4v) is 2.93. The lowest BCUT2D eigenvalue weighted by atomic mass is 9.97. The Balaban J connectivity index is 2.10. The molecule has 0 aliphatic rings. The maximum atomic E-state index is 6.27. The first-order valence-corrected chi connectivity index (χ1v) is 7.92. The second kappa shape index (κ2) is 7.31. The molecule has 0 bridgehead atoms. The molecule has 0 spiro atoms. The van der Waals surface area contributed by atoms with Crippen LogP contribution in [0.4, 0.5) is 0 Å². The van der Waals surface area contributed by atoms with E-state index in [9.17, 15) is 0 Å². The van der Waals surface area contributed by atoms with Gasteiger partial charge < -0.3 is 5.32 Å². The van der Waals surface area contributed by atoms with Gasteiger partial charge in [0, 0.05) is 16.1 Å². The monoisotopic (exact) mass is 321 g/mol. The van der Waals surface area contributed by atoms with Crippen molar-refractivity contribution in [1.29, 1.82) is 0 Å². The molecule has 2 aromatic rings. The van der Waals surface area contributed by atoms with Crippen LogP contribution in [0, 0.1) is 13.8 Å². The molecule has 0 saturated carbocycles. The zero-order valence-corrected chi connectivity index (χ0v) is 14.2. The molecule has 1 atom stereocenters. The molecule has 0 heterocycles. The minimum atomic E-state index is 0.353. The smallest absolute Gasteiger partial charge is 0.0453 e. The first-order valence-electron chi connectivity index (χ1n) is 7.17. The summed E-state index contributed by atoms with van der Waals surface area (Å²) in [5.41, 5.74) is 5.15. The highest BCUT2D eigenvalue weighted by Gasteiger charge is 2.11. The Bertz CT molecular complexity index is 623. The summed E-state index contributed by atoms with van der Waals surface area (Å²) in [5.74, 6) is 0. The molecule has 0 saturated heterocycles. The predicted molar refractivity (Wildman–Crippen MR) is 92.6 cm³/mol. The number of halogens is 2.